The number of anilines is 1. The van der Waals surface area contributed by atoms with E-state index in [1.807, 2.05) is 57.2 Å². The minimum atomic E-state index is 0.0357. The molecule has 0 aromatic heterocycles. The van der Waals surface area contributed by atoms with Gasteiger partial charge in [-0.05, 0) is 56.7 Å². The van der Waals surface area contributed by atoms with Gasteiger partial charge < -0.3 is 15.2 Å². The van der Waals surface area contributed by atoms with Crippen LogP contribution in [-0.4, -0.2) is 11.7 Å². The van der Waals surface area contributed by atoms with Gasteiger partial charge in [-0.1, -0.05) is 12.1 Å². The van der Waals surface area contributed by atoms with Gasteiger partial charge in [0.05, 0.1) is 12.6 Å². The van der Waals surface area contributed by atoms with Crippen molar-refractivity contribution in [1.82, 2.24) is 0 Å². The molecule has 0 heterocycles. The lowest BCUT2D eigenvalue weighted by Crippen LogP contribution is -2.06. The van der Waals surface area contributed by atoms with Gasteiger partial charge in [0.25, 0.3) is 0 Å². The van der Waals surface area contributed by atoms with Crippen LogP contribution < -0.4 is 10.1 Å². The van der Waals surface area contributed by atoms with Gasteiger partial charge in [0.15, 0.2) is 0 Å². The second-order valence-electron chi connectivity index (χ2n) is 4.89. The molecule has 2 rings (SSSR count). The maximum atomic E-state index is 9.99. The fourth-order valence-electron chi connectivity index (χ4n) is 2.16. The van der Waals surface area contributed by atoms with Crippen molar-refractivity contribution < 1.29 is 9.84 Å². The number of hydrogen-bond donors (Lipinski definition) is 2. The normalized spacial score (nSPS) is 11.9. The lowest BCUT2D eigenvalue weighted by molar-refractivity contribution is 0.340. The number of phenols is 1. The Morgan fingerprint density at radius 2 is 1.85 bits per heavy atom. The minimum Gasteiger partial charge on any atom is -0.508 e. The third-order valence-electron chi connectivity index (χ3n) is 3.20. The highest BCUT2D eigenvalue weighted by atomic mass is 16.5. The van der Waals surface area contributed by atoms with Gasteiger partial charge in [-0.2, -0.15) is 0 Å². The number of phenolic OH excluding ortho intramolecular Hbond substituents is 1. The molecule has 0 aliphatic rings. The zero-order chi connectivity index (χ0) is 14.5. The standard InChI is InChI=1S/C17H21NO2/c1-4-20-15-8-6-14(7-9-15)18-13(3)16-10-5-12(2)11-17(16)19/h5-11,13,18-19H,4H2,1-3H3. The van der Waals surface area contributed by atoms with Crippen molar-refractivity contribution in [3.05, 3.63) is 53.6 Å². The van der Waals surface area contributed by atoms with Gasteiger partial charge in [0, 0.05) is 11.3 Å². The van der Waals surface area contributed by atoms with E-state index in [9.17, 15) is 5.11 Å². The van der Waals surface area contributed by atoms with E-state index in [2.05, 4.69) is 5.32 Å². The number of nitrogens with one attached hydrogen (secondary N) is 1. The third-order valence-corrected chi connectivity index (χ3v) is 3.20. The van der Waals surface area contributed by atoms with Crippen LogP contribution in [0, 0.1) is 6.92 Å². The van der Waals surface area contributed by atoms with Crippen LogP contribution in [0.2, 0.25) is 0 Å². The molecule has 20 heavy (non-hydrogen) atoms. The summed E-state index contributed by atoms with van der Waals surface area (Å²) in [6.45, 7) is 6.63. The Balaban J connectivity index is 2.08. The highest BCUT2D eigenvalue weighted by Crippen LogP contribution is 2.28. The van der Waals surface area contributed by atoms with Crippen molar-refractivity contribution in [2.75, 3.05) is 11.9 Å². The summed E-state index contributed by atoms with van der Waals surface area (Å²) in [5.41, 5.74) is 2.95. The molecule has 3 nitrogen and oxygen atoms in total. The Kier molecular flexibility index (Phi) is 4.51. The van der Waals surface area contributed by atoms with E-state index in [0.29, 0.717) is 12.4 Å². The summed E-state index contributed by atoms with van der Waals surface area (Å²) in [5, 5.41) is 13.4. The predicted octanol–water partition coefficient (Wildman–Crippen LogP) is 4.27. The lowest BCUT2D eigenvalue weighted by Gasteiger charge is -2.17. The summed E-state index contributed by atoms with van der Waals surface area (Å²) in [6, 6.07) is 13.6. The Morgan fingerprint density at radius 1 is 1.15 bits per heavy atom. The van der Waals surface area contributed by atoms with E-state index in [1.54, 1.807) is 6.07 Å². The molecular weight excluding hydrogens is 250 g/mol. The largest absolute Gasteiger partial charge is 0.508 e. The van der Waals surface area contributed by atoms with Crippen molar-refractivity contribution in [2.24, 2.45) is 0 Å². The van der Waals surface area contributed by atoms with Crippen LogP contribution >= 0.6 is 0 Å². The first kappa shape index (κ1) is 14.3. The molecule has 0 saturated carbocycles. The van der Waals surface area contributed by atoms with Crippen molar-refractivity contribution in [3.63, 3.8) is 0 Å². The lowest BCUT2D eigenvalue weighted by atomic mass is 10.0. The number of aromatic hydroxyl groups is 1. The fourth-order valence-corrected chi connectivity index (χ4v) is 2.16. The molecule has 0 saturated heterocycles. The van der Waals surface area contributed by atoms with Gasteiger partial charge in [-0.15, -0.1) is 0 Å². The van der Waals surface area contributed by atoms with Crippen LogP contribution in [-0.2, 0) is 0 Å². The van der Waals surface area contributed by atoms with Gasteiger partial charge in [-0.25, -0.2) is 0 Å². The van der Waals surface area contributed by atoms with Crippen molar-refractivity contribution >= 4 is 5.69 Å². The monoisotopic (exact) mass is 271 g/mol. The summed E-state index contributed by atoms with van der Waals surface area (Å²) in [6.07, 6.45) is 0. The first-order valence-corrected chi connectivity index (χ1v) is 6.89. The van der Waals surface area contributed by atoms with Crippen LogP contribution in [0.3, 0.4) is 0 Å². The van der Waals surface area contributed by atoms with E-state index in [-0.39, 0.29) is 6.04 Å². The SMILES string of the molecule is CCOc1ccc(NC(C)c2ccc(C)cc2O)cc1. The van der Waals surface area contributed by atoms with Gasteiger partial charge in [0.1, 0.15) is 11.5 Å². The summed E-state index contributed by atoms with van der Waals surface area (Å²) >= 11 is 0. The predicted molar refractivity (Wildman–Crippen MR) is 82.5 cm³/mol. The van der Waals surface area contributed by atoms with Gasteiger partial charge in [-0.3, -0.25) is 0 Å². The summed E-state index contributed by atoms with van der Waals surface area (Å²) in [5.74, 6) is 1.19. The molecule has 3 heteroatoms. The van der Waals surface area contributed by atoms with Crippen LogP contribution in [0.15, 0.2) is 42.5 Å². The summed E-state index contributed by atoms with van der Waals surface area (Å²) in [7, 11) is 0. The highest BCUT2D eigenvalue weighted by Gasteiger charge is 2.10. The van der Waals surface area contributed by atoms with E-state index in [4.69, 9.17) is 4.74 Å². The second kappa shape index (κ2) is 6.33. The molecule has 1 atom stereocenters. The van der Waals surface area contributed by atoms with E-state index >= 15 is 0 Å². The molecule has 0 fully saturated rings. The average molecular weight is 271 g/mol. The number of aryl methyl sites for hydroxylation is 1. The molecule has 2 aromatic rings. The Hall–Kier alpha value is -2.16. The quantitative estimate of drug-likeness (QED) is 0.853. The maximum Gasteiger partial charge on any atom is 0.121 e. The molecule has 0 radical (unpaired) electrons. The van der Waals surface area contributed by atoms with Crippen molar-refractivity contribution in [3.8, 4) is 11.5 Å². The molecule has 2 aromatic carbocycles. The molecule has 0 amide bonds. The molecule has 106 valence electrons. The van der Waals surface area contributed by atoms with Crippen LogP contribution in [0.5, 0.6) is 11.5 Å². The molecule has 0 bridgehead atoms. The number of benzene rings is 2. The topological polar surface area (TPSA) is 41.5 Å². The molecule has 0 spiro atoms. The molecule has 2 N–H and O–H groups in total. The zero-order valence-corrected chi connectivity index (χ0v) is 12.2. The average Bonchev–Trinajstić information content (AvgIpc) is 2.41. The Labute approximate surface area is 120 Å². The molecule has 0 aliphatic heterocycles. The summed E-state index contributed by atoms with van der Waals surface area (Å²) < 4.78 is 5.41. The van der Waals surface area contributed by atoms with Crippen molar-refractivity contribution in [2.45, 2.75) is 26.8 Å². The van der Waals surface area contributed by atoms with Gasteiger partial charge in [0.2, 0.25) is 0 Å². The fraction of sp³-hybridized carbons (Fsp3) is 0.294. The molecule has 1 unspecified atom stereocenters. The van der Waals surface area contributed by atoms with E-state index in [1.165, 1.54) is 0 Å². The number of ether oxygens (including phenoxy) is 1. The first-order chi connectivity index (χ1) is 9.60. The summed E-state index contributed by atoms with van der Waals surface area (Å²) in [4.78, 5) is 0. The molecular formula is C17H21NO2. The number of rotatable bonds is 5. The van der Waals surface area contributed by atoms with E-state index < -0.39 is 0 Å². The third kappa shape index (κ3) is 3.44. The van der Waals surface area contributed by atoms with E-state index in [0.717, 1.165) is 22.6 Å². The zero-order valence-electron chi connectivity index (χ0n) is 12.2. The first-order valence-electron chi connectivity index (χ1n) is 6.89. The van der Waals surface area contributed by atoms with Crippen LogP contribution in [0.1, 0.15) is 31.0 Å². The maximum absolute atomic E-state index is 9.99. The second-order valence-corrected chi connectivity index (χ2v) is 4.89. The Morgan fingerprint density at radius 3 is 2.45 bits per heavy atom. The van der Waals surface area contributed by atoms with Crippen molar-refractivity contribution in [1.29, 1.82) is 0 Å². The van der Waals surface area contributed by atoms with Crippen LogP contribution in [0.4, 0.5) is 5.69 Å². The van der Waals surface area contributed by atoms with Gasteiger partial charge >= 0.3 is 0 Å². The van der Waals surface area contributed by atoms with Crippen LogP contribution in [0.25, 0.3) is 0 Å². The minimum absolute atomic E-state index is 0.0357. The number of hydrogen-bond acceptors (Lipinski definition) is 3. The Bertz CT molecular complexity index is 564. The highest BCUT2D eigenvalue weighted by molar-refractivity contribution is 5.50. The smallest absolute Gasteiger partial charge is 0.121 e. The molecule has 0 aliphatic carbocycles.